The lowest BCUT2D eigenvalue weighted by atomic mass is 10.1. The van der Waals surface area contributed by atoms with Gasteiger partial charge in [0, 0.05) is 0 Å². The zero-order chi connectivity index (χ0) is 15.3. The van der Waals surface area contributed by atoms with Gasteiger partial charge >= 0.3 is 12.0 Å². The molecule has 3 N–H and O–H groups in total. The number of anilines is 2. The standard InChI is InChI=1S/C12H21N5O3/c1-6(2)8(9(18)19-5)14-11-15-10(13)16-12(17-11)20-7(3)4/h6-8H,1-5H3,(H3,13,14,15,16,17). The molecule has 1 atom stereocenters. The van der Waals surface area contributed by atoms with Crippen molar-refractivity contribution in [2.75, 3.05) is 18.2 Å². The lowest BCUT2D eigenvalue weighted by molar-refractivity contribution is -0.142. The number of hydrogen-bond donors (Lipinski definition) is 2. The molecule has 0 aliphatic heterocycles. The van der Waals surface area contributed by atoms with Crippen molar-refractivity contribution in [2.24, 2.45) is 5.92 Å². The van der Waals surface area contributed by atoms with E-state index >= 15 is 0 Å². The van der Waals surface area contributed by atoms with Crippen molar-refractivity contribution in [1.82, 2.24) is 15.0 Å². The quantitative estimate of drug-likeness (QED) is 0.739. The van der Waals surface area contributed by atoms with Gasteiger partial charge in [-0.15, -0.1) is 0 Å². The lowest BCUT2D eigenvalue weighted by Crippen LogP contribution is -2.36. The van der Waals surface area contributed by atoms with Crippen molar-refractivity contribution in [2.45, 2.75) is 39.8 Å². The number of nitrogens with two attached hydrogens (primary N) is 1. The van der Waals surface area contributed by atoms with Gasteiger partial charge in [-0.1, -0.05) is 13.8 Å². The average Bonchev–Trinajstić information content (AvgIpc) is 2.33. The predicted octanol–water partition coefficient (Wildman–Crippen LogP) is 0.850. The van der Waals surface area contributed by atoms with Crippen LogP contribution in [0.3, 0.4) is 0 Å². The molecule has 0 amide bonds. The second kappa shape index (κ2) is 6.88. The van der Waals surface area contributed by atoms with Crippen LogP contribution in [0.1, 0.15) is 27.7 Å². The van der Waals surface area contributed by atoms with Gasteiger partial charge in [0.25, 0.3) is 0 Å². The first-order chi connectivity index (χ1) is 9.33. The molecular formula is C12H21N5O3. The van der Waals surface area contributed by atoms with Gasteiger partial charge in [0.05, 0.1) is 13.2 Å². The summed E-state index contributed by atoms with van der Waals surface area (Å²) in [4.78, 5) is 23.6. The molecule has 0 radical (unpaired) electrons. The molecule has 1 unspecified atom stereocenters. The number of esters is 1. The number of nitrogens with zero attached hydrogens (tertiary/aromatic N) is 3. The number of carbonyl (C=O) groups excluding carboxylic acids is 1. The van der Waals surface area contributed by atoms with Crippen LogP contribution in [-0.2, 0) is 9.53 Å². The van der Waals surface area contributed by atoms with E-state index in [-0.39, 0.29) is 29.9 Å². The van der Waals surface area contributed by atoms with E-state index in [1.54, 1.807) is 0 Å². The zero-order valence-corrected chi connectivity index (χ0v) is 12.4. The van der Waals surface area contributed by atoms with Crippen LogP contribution in [0.5, 0.6) is 6.01 Å². The summed E-state index contributed by atoms with van der Waals surface area (Å²) in [5, 5.41) is 2.89. The first-order valence-electron chi connectivity index (χ1n) is 6.36. The number of ether oxygens (including phenoxy) is 2. The van der Waals surface area contributed by atoms with E-state index in [0.717, 1.165) is 0 Å². The molecule has 0 saturated carbocycles. The van der Waals surface area contributed by atoms with Gasteiger partial charge < -0.3 is 20.5 Å². The summed E-state index contributed by atoms with van der Waals surface area (Å²) in [6, 6.07) is -0.462. The number of methoxy groups -OCH3 is 1. The third kappa shape index (κ3) is 4.52. The highest BCUT2D eigenvalue weighted by Crippen LogP contribution is 2.14. The zero-order valence-electron chi connectivity index (χ0n) is 12.4. The maximum Gasteiger partial charge on any atom is 0.328 e. The average molecular weight is 283 g/mol. The molecule has 8 nitrogen and oxygen atoms in total. The van der Waals surface area contributed by atoms with Crippen LogP contribution in [0, 0.1) is 5.92 Å². The lowest BCUT2D eigenvalue weighted by Gasteiger charge is -2.20. The fourth-order valence-electron chi connectivity index (χ4n) is 1.46. The normalized spacial score (nSPS) is 12.3. The highest BCUT2D eigenvalue weighted by molar-refractivity contribution is 5.78. The van der Waals surface area contributed by atoms with E-state index < -0.39 is 12.0 Å². The van der Waals surface area contributed by atoms with Crippen LogP contribution in [0.4, 0.5) is 11.9 Å². The third-order valence-corrected chi connectivity index (χ3v) is 2.38. The van der Waals surface area contributed by atoms with E-state index in [1.807, 2.05) is 27.7 Å². The van der Waals surface area contributed by atoms with Gasteiger partial charge in [-0.2, -0.15) is 15.0 Å². The van der Waals surface area contributed by atoms with Crippen molar-refractivity contribution in [1.29, 1.82) is 0 Å². The van der Waals surface area contributed by atoms with Gasteiger partial charge in [-0.25, -0.2) is 4.79 Å². The Morgan fingerprint density at radius 3 is 2.35 bits per heavy atom. The molecule has 0 aromatic carbocycles. The van der Waals surface area contributed by atoms with Crippen LogP contribution >= 0.6 is 0 Å². The first-order valence-corrected chi connectivity index (χ1v) is 6.36. The van der Waals surface area contributed by atoms with Gasteiger partial charge in [-0.3, -0.25) is 0 Å². The minimum atomic E-state index is -0.575. The molecule has 0 aliphatic carbocycles. The Hall–Kier alpha value is -2.12. The molecule has 1 heterocycles. The Bertz CT molecular complexity index is 464. The number of nitrogens with one attached hydrogen (secondary N) is 1. The molecular weight excluding hydrogens is 262 g/mol. The molecule has 0 saturated heterocycles. The van der Waals surface area contributed by atoms with E-state index in [1.165, 1.54) is 7.11 Å². The van der Waals surface area contributed by atoms with Crippen LogP contribution in [-0.4, -0.2) is 40.2 Å². The highest BCUT2D eigenvalue weighted by Gasteiger charge is 2.24. The molecule has 0 fully saturated rings. The van der Waals surface area contributed by atoms with Crippen LogP contribution in [0.15, 0.2) is 0 Å². The van der Waals surface area contributed by atoms with E-state index in [0.29, 0.717) is 0 Å². The molecule has 0 spiro atoms. The molecule has 0 bridgehead atoms. The van der Waals surface area contributed by atoms with Crippen molar-refractivity contribution < 1.29 is 14.3 Å². The number of hydrogen-bond acceptors (Lipinski definition) is 8. The molecule has 0 aliphatic rings. The van der Waals surface area contributed by atoms with Crippen LogP contribution in [0.25, 0.3) is 0 Å². The molecule has 112 valence electrons. The van der Waals surface area contributed by atoms with Crippen molar-refractivity contribution in [3.05, 3.63) is 0 Å². The van der Waals surface area contributed by atoms with E-state index in [4.69, 9.17) is 15.2 Å². The second-order valence-electron chi connectivity index (χ2n) is 4.86. The van der Waals surface area contributed by atoms with E-state index in [9.17, 15) is 4.79 Å². The summed E-state index contributed by atoms with van der Waals surface area (Å²) >= 11 is 0. The fourth-order valence-corrected chi connectivity index (χ4v) is 1.46. The number of nitrogen functional groups attached to an aromatic ring is 1. The third-order valence-electron chi connectivity index (χ3n) is 2.38. The maximum absolute atomic E-state index is 11.7. The van der Waals surface area contributed by atoms with Gasteiger partial charge in [0.1, 0.15) is 6.04 Å². The Morgan fingerprint density at radius 2 is 1.85 bits per heavy atom. The minimum absolute atomic E-state index is 0.00472. The Morgan fingerprint density at radius 1 is 1.20 bits per heavy atom. The van der Waals surface area contributed by atoms with Gasteiger partial charge in [-0.05, 0) is 19.8 Å². The molecule has 1 aromatic heterocycles. The molecule has 8 heteroatoms. The number of carbonyl (C=O) groups is 1. The summed E-state index contributed by atoms with van der Waals surface area (Å²) in [5.74, 6) is -0.206. The topological polar surface area (TPSA) is 112 Å². The summed E-state index contributed by atoms with van der Waals surface area (Å²) in [6.07, 6.45) is -0.0915. The summed E-state index contributed by atoms with van der Waals surface area (Å²) < 4.78 is 10.1. The minimum Gasteiger partial charge on any atom is -0.467 e. The summed E-state index contributed by atoms with van der Waals surface area (Å²) in [6.45, 7) is 7.45. The molecule has 1 rings (SSSR count). The largest absolute Gasteiger partial charge is 0.467 e. The number of aromatic nitrogens is 3. The monoisotopic (exact) mass is 283 g/mol. The van der Waals surface area contributed by atoms with Gasteiger partial charge in [0.15, 0.2) is 0 Å². The van der Waals surface area contributed by atoms with Crippen molar-refractivity contribution >= 4 is 17.9 Å². The maximum atomic E-state index is 11.7. The first kappa shape index (κ1) is 15.9. The van der Waals surface area contributed by atoms with Crippen molar-refractivity contribution in [3.8, 4) is 6.01 Å². The Balaban J connectivity index is 2.95. The van der Waals surface area contributed by atoms with Crippen molar-refractivity contribution in [3.63, 3.8) is 0 Å². The second-order valence-corrected chi connectivity index (χ2v) is 4.86. The Kier molecular flexibility index (Phi) is 5.48. The molecule has 1 aromatic rings. The van der Waals surface area contributed by atoms with Gasteiger partial charge in [0.2, 0.25) is 11.9 Å². The fraction of sp³-hybridized carbons (Fsp3) is 0.667. The summed E-state index contributed by atoms with van der Waals surface area (Å²) in [5.41, 5.74) is 5.60. The molecule has 20 heavy (non-hydrogen) atoms. The Labute approximate surface area is 118 Å². The van der Waals surface area contributed by atoms with Crippen LogP contribution in [0.2, 0.25) is 0 Å². The number of rotatable bonds is 6. The SMILES string of the molecule is COC(=O)C(Nc1nc(N)nc(OC(C)C)n1)C(C)C. The van der Waals surface area contributed by atoms with Crippen LogP contribution < -0.4 is 15.8 Å². The predicted molar refractivity (Wildman–Crippen MR) is 74.3 cm³/mol. The smallest absolute Gasteiger partial charge is 0.328 e. The highest BCUT2D eigenvalue weighted by atomic mass is 16.5. The summed E-state index contributed by atoms with van der Waals surface area (Å²) in [7, 11) is 1.33. The van der Waals surface area contributed by atoms with E-state index in [2.05, 4.69) is 20.3 Å².